The number of hydrogen-bond acceptors (Lipinski definition) is 7. The van der Waals surface area contributed by atoms with Gasteiger partial charge in [0, 0.05) is 27.3 Å². The van der Waals surface area contributed by atoms with Crippen molar-refractivity contribution in [3.8, 4) is 0 Å². The minimum atomic E-state index is -3.87. The van der Waals surface area contributed by atoms with E-state index in [1.165, 1.54) is 0 Å². The van der Waals surface area contributed by atoms with E-state index in [4.69, 9.17) is 19.0 Å². The van der Waals surface area contributed by atoms with Gasteiger partial charge in [0.1, 0.15) is 0 Å². The monoisotopic (exact) mass is 292 g/mol. The number of hydrogen-bond donors (Lipinski definition) is 2. The molecular weight excluding hydrogens is 276 g/mol. The number of primary amides is 1. The molecule has 0 aliphatic carbocycles. The molecule has 10 heteroatoms. The van der Waals surface area contributed by atoms with Crippen LogP contribution in [0.4, 0.5) is 4.79 Å². The molecule has 9 nitrogen and oxygen atoms in total. The first-order valence-corrected chi connectivity index (χ1v) is 7.22. The van der Waals surface area contributed by atoms with Crippen molar-refractivity contribution in [2.45, 2.75) is 26.8 Å². The van der Waals surface area contributed by atoms with Gasteiger partial charge in [0.25, 0.3) is 17.9 Å². The average molecular weight is 292 g/mol. The van der Waals surface area contributed by atoms with Crippen LogP contribution in [0.15, 0.2) is 0 Å². The van der Waals surface area contributed by atoms with Crippen LogP contribution in [0, 0.1) is 0 Å². The molecule has 0 aliphatic rings. The molecule has 0 spiro atoms. The van der Waals surface area contributed by atoms with Crippen LogP contribution in [0.25, 0.3) is 0 Å². The minimum Gasteiger partial charge on any atom is -0.455 e. The molecule has 0 radical (unpaired) electrons. The Balaban J connectivity index is 4.97. The quantitative estimate of drug-likeness (QED) is 0.617. The van der Waals surface area contributed by atoms with Gasteiger partial charge in [-0.05, 0) is 0 Å². The molecule has 0 saturated carbocycles. The molecule has 0 aromatic rings. The summed E-state index contributed by atoms with van der Waals surface area (Å²) in [6.45, 7) is 3.16. The number of carbonyl (C=O) groups excluding carboxylic acids is 4. The van der Waals surface area contributed by atoms with Crippen LogP contribution in [0.5, 0.6) is 0 Å². The third kappa shape index (κ3) is 7.75. The van der Waals surface area contributed by atoms with Crippen LogP contribution >= 0.6 is 0 Å². The van der Waals surface area contributed by atoms with E-state index in [9.17, 15) is 19.2 Å². The molecule has 0 atom stereocenters. The molecule has 0 unspecified atom stereocenters. The van der Waals surface area contributed by atoms with Crippen molar-refractivity contribution in [3.63, 3.8) is 0 Å². The van der Waals surface area contributed by atoms with E-state index >= 15 is 0 Å². The van der Waals surface area contributed by atoms with Crippen LogP contribution in [0.3, 0.4) is 0 Å². The Morgan fingerprint density at radius 1 is 0.947 bits per heavy atom. The van der Waals surface area contributed by atoms with Crippen molar-refractivity contribution in [2.24, 2.45) is 5.73 Å². The molecule has 108 valence electrons. The Labute approximate surface area is 110 Å². The maximum Gasteiger partial charge on any atom is 0.706 e. The minimum absolute atomic E-state index is 0.0740. The fourth-order valence-corrected chi connectivity index (χ4v) is 3.39. The van der Waals surface area contributed by atoms with E-state index in [0.29, 0.717) is 0 Å². The molecule has 2 amide bonds. The molecule has 0 rings (SSSR count). The lowest BCUT2D eigenvalue weighted by Crippen LogP contribution is -2.51. The highest BCUT2D eigenvalue weighted by atomic mass is 28.4. The lowest BCUT2D eigenvalue weighted by Gasteiger charge is -2.26. The second-order valence-corrected chi connectivity index (χ2v) is 5.98. The third-order valence-corrected chi connectivity index (χ3v) is 4.29. The summed E-state index contributed by atoms with van der Waals surface area (Å²) in [5, 5.41) is 2.22. The fraction of sp³-hybridized carbons (Fsp3) is 0.556. The van der Waals surface area contributed by atoms with Gasteiger partial charge in [-0.1, -0.05) is 0 Å². The van der Waals surface area contributed by atoms with Crippen molar-refractivity contribution in [2.75, 3.05) is 6.54 Å². The number of urea groups is 1. The van der Waals surface area contributed by atoms with Gasteiger partial charge < -0.3 is 24.3 Å². The second-order valence-electron chi connectivity index (χ2n) is 3.50. The van der Waals surface area contributed by atoms with Crippen LogP contribution in [-0.2, 0) is 27.7 Å². The molecule has 0 saturated heterocycles. The molecule has 0 aromatic carbocycles. The topological polar surface area (TPSA) is 134 Å². The van der Waals surface area contributed by atoms with Crippen molar-refractivity contribution >= 4 is 32.7 Å². The number of nitrogens with one attached hydrogen (secondary N) is 1. The van der Waals surface area contributed by atoms with Crippen molar-refractivity contribution < 1.29 is 32.5 Å². The first-order valence-electron chi connectivity index (χ1n) is 5.29. The van der Waals surface area contributed by atoms with Gasteiger partial charge in [-0.2, -0.15) is 0 Å². The average Bonchev–Trinajstić information content (AvgIpc) is 2.12. The van der Waals surface area contributed by atoms with E-state index in [1.54, 1.807) is 0 Å². The van der Waals surface area contributed by atoms with E-state index in [0.717, 1.165) is 20.8 Å². The number of rotatable bonds is 6. The van der Waals surface area contributed by atoms with Gasteiger partial charge >= 0.3 is 14.8 Å². The van der Waals surface area contributed by atoms with Gasteiger partial charge in [-0.15, -0.1) is 0 Å². The molecule has 0 heterocycles. The van der Waals surface area contributed by atoms with Crippen LogP contribution < -0.4 is 11.1 Å². The van der Waals surface area contributed by atoms with Crippen molar-refractivity contribution in [1.82, 2.24) is 5.32 Å². The Morgan fingerprint density at radius 3 is 1.58 bits per heavy atom. The van der Waals surface area contributed by atoms with Crippen LogP contribution in [0.1, 0.15) is 20.8 Å². The van der Waals surface area contributed by atoms with E-state index in [1.807, 2.05) is 0 Å². The number of amides is 2. The van der Waals surface area contributed by atoms with Gasteiger partial charge in [0.2, 0.25) is 0 Å². The van der Waals surface area contributed by atoms with Crippen LogP contribution in [-0.4, -0.2) is 39.3 Å². The maximum absolute atomic E-state index is 11.0. The summed E-state index contributed by atoms with van der Waals surface area (Å²) < 4.78 is 14.6. The highest BCUT2D eigenvalue weighted by molar-refractivity contribution is 6.65. The largest absolute Gasteiger partial charge is 0.706 e. The summed E-state index contributed by atoms with van der Waals surface area (Å²) >= 11 is 0. The summed E-state index contributed by atoms with van der Waals surface area (Å²) in [5.41, 5.74) is 4.87. The summed E-state index contributed by atoms with van der Waals surface area (Å²) in [6.07, 6.45) is 0. The highest BCUT2D eigenvalue weighted by Gasteiger charge is 2.51. The van der Waals surface area contributed by atoms with Crippen molar-refractivity contribution in [1.29, 1.82) is 0 Å². The van der Waals surface area contributed by atoms with Crippen molar-refractivity contribution in [3.05, 3.63) is 0 Å². The Hall–Kier alpha value is -2.10. The molecule has 19 heavy (non-hydrogen) atoms. The standard InChI is InChI=1S/C9H16N2O7Si/c1-6(12)16-19(17-7(2)13,18-8(3)14)5-4-11-9(10)15/h4-5H2,1-3H3,(H3,10,11,15). The Kier molecular flexibility index (Phi) is 6.54. The highest BCUT2D eigenvalue weighted by Crippen LogP contribution is 2.16. The number of nitrogens with two attached hydrogens (primary N) is 1. The Morgan fingerprint density at radius 2 is 1.32 bits per heavy atom. The van der Waals surface area contributed by atoms with Gasteiger partial charge in [0.15, 0.2) is 0 Å². The fourth-order valence-electron chi connectivity index (χ4n) is 1.21. The molecule has 0 bridgehead atoms. The zero-order valence-electron chi connectivity index (χ0n) is 10.8. The first kappa shape index (κ1) is 16.9. The van der Waals surface area contributed by atoms with Gasteiger partial charge in [-0.25, -0.2) is 4.79 Å². The molecule has 0 fully saturated rings. The summed E-state index contributed by atoms with van der Waals surface area (Å²) in [6, 6.07) is -0.967. The first-order chi connectivity index (χ1) is 8.67. The molecule has 3 N–H and O–H groups in total. The lowest BCUT2D eigenvalue weighted by atomic mass is 10.7. The lowest BCUT2D eigenvalue weighted by molar-refractivity contribution is -0.147. The van der Waals surface area contributed by atoms with E-state index in [2.05, 4.69) is 5.32 Å². The van der Waals surface area contributed by atoms with Crippen LogP contribution in [0.2, 0.25) is 6.04 Å². The Bertz CT molecular complexity index is 344. The zero-order valence-corrected chi connectivity index (χ0v) is 11.8. The smallest absolute Gasteiger partial charge is 0.455 e. The zero-order chi connectivity index (χ0) is 15.1. The molecular formula is C9H16N2O7Si. The van der Waals surface area contributed by atoms with Gasteiger partial charge in [0.05, 0.1) is 6.04 Å². The number of carbonyl (C=O) groups is 4. The van der Waals surface area contributed by atoms with E-state index in [-0.39, 0.29) is 12.6 Å². The summed E-state index contributed by atoms with van der Waals surface area (Å²) in [5.74, 6) is -2.31. The molecule has 0 aliphatic heterocycles. The van der Waals surface area contributed by atoms with E-state index < -0.39 is 32.7 Å². The second kappa shape index (κ2) is 7.36. The van der Waals surface area contributed by atoms with Gasteiger partial charge in [-0.3, -0.25) is 14.4 Å². The maximum atomic E-state index is 11.0. The summed E-state index contributed by atoms with van der Waals surface area (Å²) in [4.78, 5) is 43.7. The predicted molar refractivity (Wildman–Crippen MR) is 63.4 cm³/mol. The normalized spacial score (nSPS) is 10.3. The summed E-state index contributed by atoms with van der Waals surface area (Å²) in [7, 11) is -3.87. The third-order valence-electron chi connectivity index (χ3n) is 1.63. The predicted octanol–water partition coefficient (Wildman–Crippen LogP) is -0.717. The molecule has 0 aromatic heterocycles. The SMILES string of the molecule is CC(=O)O[Si](CCNC(N)=O)(OC(C)=O)OC(C)=O.